The summed E-state index contributed by atoms with van der Waals surface area (Å²) in [6.45, 7) is 2.51. The van der Waals surface area contributed by atoms with Crippen LogP contribution < -0.4 is 9.64 Å². The Hall–Kier alpha value is -4.56. The van der Waals surface area contributed by atoms with Crippen LogP contribution in [-0.4, -0.2) is 51.4 Å². The lowest BCUT2D eigenvalue weighted by molar-refractivity contribution is -0.0590. The van der Waals surface area contributed by atoms with Crippen LogP contribution in [0.15, 0.2) is 48.5 Å². The van der Waals surface area contributed by atoms with Crippen LogP contribution in [0.1, 0.15) is 58.9 Å². The summed E-state index contributed by atoms with van der Waals surface area (Å²) in [4.78, 5) is 23.0. The number of carboxylic acid groups (broad SMARTS) is 1. The van der Waals surface area contributed by atoms with E-state index in [4.69, 9.17) is 19.7 Å². The number of piperidine rings is 1. The number of hydrogen-bond acceptors (Lipinski definition) is 7. The Labute approximate surface area is 246 Å². The minimum atomic E-state index is -0.969. The minimum absolute atomic E-state index is 0.0451. The largest absolute Gasteiger partial charge is 0.478 e. The average Bonchev–Trinajstić information content (AvgIpc) is 3.55. The second-order valence-corrected chi connectivity index (χ2v) is 11.6. The zero-order chi connectivity index (χ0) is 29.7. The van der Waals surface area contributed by atoms with Gasteiger partial charge in [-0.2, -0.15) is 10.2 Å². The van der Waals surface area contributed by atoms with Gasteiger partial charge in [0.25, 0.3) is 0 Å². The van der Waals surface area contributed by atoms with Crippen molar-refractivity contribution >= 4 is 22.8 Å². The van der Waals surface area contributed by atoms with E-state index in [1.165, 1.54) is 24.3 Å². The third kappa shape index (κ3) is 5.06. The monoisotopic (exact) mass is 585 g/mol. The fraction of sp³-hybridized carbons (Fsp3) is 0.375. The molecule has 2 saturated heterocycles. The Morgan fingerprint density at radius 2 is 1.93 bits per heavy atom. The summed E-state index contributed by atoms with van der Waals surface area (Å²) in [6, 6.07) is 13.9. The molecule has 0 amide bonds. The summed E-state index contributed by atoms with van der Waals surface area (Å²) in [5, 5.41) is 18.5. The second kappa shape index (κ2) is 10.6. The molecule has 1 N–H and O–H groups in total. The molecule has 2 atom stereocenters. The van der Waals surface area contributed by atoms with Crippen LogP contribution in [0.2, 0.25) is 0 Å². The Balaban J connectivity index is 1.06. The molecule has 3 fully saturated rings. The van der Waals surface area contributed by atoms with E-state index >= 15 is 0 Å². The quantitative estimate of drug-likeness (QED) is 0.292. The third-order valence-electron chi connectivity index (χ3n) is 9.12. The Kier molecular flexibility index (Phi) is 6.73. The van der Waals surface area contributed by atoms with Crippen molar-refractivity contribution in [2.24, 2.45) is 5.41 Å². The minimum Gasteiger partial charge on any atom is -0.478 e. The number of pyridine rings is 1. The molecule has 2 aromatic heterocycles. The SMILES string of the molecule is N#Cc1ccc(COc2ccc(F)c(N3CCC4(CC3)C[C@H]4c3nc4ccc(C(=O)O)cc4n3C[C@@H]3CCO3)n2)c(F)c1. The van der Waals surface area contributed by atoms with Crippen LogP contribution in [-0.2, 0) is 17.9 Å². The number of aromatic nitrogens is 3. The number of hydrogen-bond donors (Lipinski definition) is 1. The van der Waals surface area contributed by atoms with Gasteiger partial charge in [-0.3, -0.25) is 0 Å². The van der Waals surface area contributed by atoms with E-state index in [0.29, 0.717) is 19.6 Å². The van der Waals surface area contributed by atoms with Gasteiger partial charge in [0.2, 0.25) is 5.88 Å². The Morgan fingerprint density at radius 3 is 2.63 bits per heavy atom. The molecule has 11 heteroatoms. The molecule has 43 heavy (non-hydrogen) atoms. The summed E-state index contributed by atoms with van der Waals surface area (Å²) >= 11 is 0. The predicted octanol–water partition coefficient (Wildman–Crippen LogP) is 5.42. The van der Waals surface area contributed by atoms with Crippen molar-refractivity contribution < 1.29 is 28.2 Å². The molecule has 2 aromatic carbocycles. The molecular formula is C32H29F2N5O4. The van der Waals surface area contributed by atoms with Crippen LogP contribution >= 0.6 is 0 Å². The molecule has 9 nitrogen and oxygen atoms in total. The maximum atomic E-state index is 14.9. The predicted molar refractivity (Wildman–Crippen MR) is 152 cm³/mol. The van der Waals surface area contributed by atoms with Crippen LogP contribution in [0, 0.1) is 28.4 Å². The number of imidazole rings is 1. The van der Waals surface area contributed by atoms with E-state index in [9.17, 15) is 18.7 Å². The van der Waals surface area contributed by atoms with Crippen molar-refractivity contribution in [1.29, 1.82) is 5.26 Å². The van der Waals surface area contributed by atoms with Gasteiger partial charge in [0, 0.05) is 37.2 Å². The Bertz CT molecular complexity index is 1770. The van der Waals surface area contributed by atoms with E-state index in [0.717, 1.165) is 55.2 Å². The number of nitrogens with zero attached hydrogens (tertiary/aromatic N) is 5. The van der Waals surface area contributed by atoms with Crippen molar-refractivity contribution in [3.05, 3.63) is 82.7 Å². The lowest BCUT2D eigenvalue weighted by Gasteiger charge is -2.34. The lowest BCUT2D eigenvalue weighted by Crippen LogP contribution is -2.36. The number of halogens is 2. The van der Waals surface area contributed by atoms with Gasteiger partial charge in [0.1, 0.15) is 18.2 Å². The average molecular weight is 586 g/mol. The molecule has 1 saturated carbocycles. The van der Waals surface area contributed by atoms with Crippen LogP contribution in [0.5, 0.6) is 5.88 Å². The summed E-state index contributed by atoms with van der Waals surface area (Å²) < 4.78 is 42.7. The van der Waals surface area contributed by atoms with Gasteiger partial charge in [-0.1, -0.05) is 6.07 Å². The van der Waals surface area contributed by atoms with Crippen LogP contribution in [0.3, 0.4) is 0 Å². The first-order valence-electron chi connectivity index (χ1n) is 14.4. The normalized spacial score (nSPS) is 20.5. The van der Waals surface area contributed by atoms with Crippen LogP contribution in [0.25, 0.3) is 11.0 Å². The zero-order valence-electron chi connectivity index (χ0n) is 23.3. The van der Waals surface area contributed by atoms with E-state index < -0.39 is 17.6 Å². The molecule has 0 radical (unpaired) electrons. The van der Waals surface area contributed by atoms with Gasteiger partial charge >= 0.3 is 5.97 Å². The smallest absolute Gasteiger partial charge is 0.335 e. The number of anilines is 1. The van der Waals surface area contributed by atoms with Crippen molar-refractivity contribution in [2.75, 3.05) is 24.6 Å². The summed E-state index contributed by atoms with van der Waals surface area (Å²) in [5.74, 6) is -0.364. The molecule has 0 bridgehead atoms. The first-order valence-corrected chi connectivity index (χ1v) is 14.4. The van der Waals surface area contributed by atoms with Gasteiger partial charge in [0.15, 0.2) is 11.6 Å². The van der Waals surface area contributed by atoms with Crippen molar-refractivity contribution in [2.45, 2.75) is 50.9 Å². The van der Waals surface area contributed by atoms with E-state index in [-0.39, 0.29) is 52.4 Å². The molecule has 7 rings (SSSR count). The topological polar surface area (TPSA) is 114 Å². The zero-order valence-corrected chi connectivity index (χ0v) is 23.3. The molecule has 3 aliphatic rings. The molecule has 4 heterocycles. The van der Waals surface area contributed by atoms with Gasteiger partial charge in [-0.15, -0.1) is 0 Å². The second-order valence-electron chi connectivity index (χ2n) is 11.6. The molecular weight excluding hydrogens is 556 g/mol. The Morgan fingerprint density at radius 1 is 1.12 bits per heavy atom. The highest BCUT2D eigenvalue weighted by Gasteiger charge is 2.57. The van der Waals surface area contributed by atoms with Gasteiger partial charge in [-0.25, -0.2) is 18.6 Å². The van der Waals surface area contributed by atoms with Gasteiger partial charge in [-0.05, 0) is 67.5 Å². The number of aromatic carboxylic acids is 1. The molecule has 1 spiro atoms. The van der Waals surface area contributed by atoms with Crippen molar-refractivity contribution in [1.82, 2.24) is 14.5 Å². The number of carbonyl (C=O) groups is 1. The first-order chi connectivity index (χ1) is 20.8. The molecule has 1 aliphatic carbocycles. The maximum absolute atomic E-state index is 14.9. The number of nitriles is 1. The number of fused-ring (bicyclic) bond motifs is 1. The molecule has 2 aliphatic heterocycles. The molecule has 4 aromatic rings. The number of benzene rings is 2. The summed E-state index contributed by atoms with van der Waals surface area (Å²) in [7, 11) is 0. The van der Waals surface area contributed by atoms with E-state index in [2.05, 4.69) is 9.55 Å². The maximum Gasteiger partial charge on any atom is 0.335 e. The van der Waals surface area contributed by atoms with Crippen LogP contribution in [0.4, 0.5) is 14.6 Å². The van der Waals surface area contributed by atoms with Crippen molar-refractivity contribution in [3.63, 3.8) is 0 Å². The van der Waals surface area contributed by atoms with Gasteiger partial charge < -0.3 is 24.0 Å². The number of carboxylic acids is 1. The first kappa shape index (κ1) is 27.3. The van der Waals surface area contributed by atoms with Gasteiger partial charge in [0.05, 0.1) is 40.9 Å². The van der Waals surface area contributed by atoms with Crippen molar-refractivity contribution in [3.8, 4) is 11.9 Å². The van der Waals surface area contributed by atoms with E-state index in [1.807, 2.05) is 11.0 Å². The fourth-order valence-electron chi connectivity index (χ4n) is 6.40. The number of rotatable bonds is 8. The van der Waals surface area contributed by atoms with E-state index in [1.54, 1.807) is 18.2 Å². The molecule has 0 unspecified atom stereocenters. The lowest BCUT2D eigenvalue weighted by atomic mass is 9.90. The fourth-order valence-corrected chi connectivity index (χ4v) is 6.40. The standard InChI is InChI=1S/C32H29F2N5O4/c33-24-4-6-28(43-18-21-2-1-19(16-35)13-25(21)34)37-30(24)38-10-8-32(9-11-38)15-23(32)29-36-26-5-3-20(31(40)41)14-27(26)39(29)17-22-7-12-42-22/h1-6,13-14,22-23H,7-12,15,17-18H2,(H,40,41)/t22-,23-/m0/s1. The summed E-state index contributed by atoms with van der Waals surface area (Å²) in [5.41, 5.74) is 2.37. The third-order valence-corrected chi connectivity index (χ3v) is 9.12. The summed E-state index contributed by atoms with van der Waals surface area (Å²) in [6.07, 6.45) is 3.70. The number of ether oxygens (including phenoxy) is 2. The highest BCUT2D eigenvalue weighted by atomic mass is 19.1. The highest BCUT2D eigenvalue weighted by molar-refractivity contribution is 5.92. The molecule has 220 valence electrons. The highest BCUT2D eigenvalue weighted by Crippen LogP contribution is 2.65.